The molecule has 1 saturated heterocycles. The molecule has 7 nitrogen and oxygen atoms in total. The highest BCUT2D eigenvalue weighted by Gasteiger charge is 2.53. The Kier molecular flexibility index (Phi) is 3.66. The fourth-order valence-electron chi connectivity index (χ4n) is 1.74. The summed E-state index contributed by atoms with van der Waals surface area (Å²) >= 11 is 0. The third-order valence-electron chi connectivity index (χ3n) is 3.56. The zero-order valence-corrected chi connectivity index (χ0v) is 13.6. The minimum atomic E-state index is -0.647. The maximum Gasteiger partial charge on any atom is 0.518 e. The Morgan fingerprint density at radius 1 is 1.24 bits per heavy atom. The lowest BCUT2D eigenvalue weighted by atomic mass is 9.86. The van der Waals surface area contributed by atoms with Gasteiger partial charge in [-0.1, -0.05) is 4.80 Å². The van der Waals surface area contributed by atoms with E-state index in [1.165, 1.54) is 6.20 Å². The van der Waals surface area contributed by atoms with Gasteiger partial charge in [-0.05, 0) is 48.5 Å². The van der Waals surface area contributed by atoms with Crippen LogP contribution in [0.4, 0.5) is 4.79 Å². The lowest BCUT2D eigenvalue weighted by Gasteiger charge is -2.32. The molecule has 1 aromatic rings. The van der Waals surface area contributed by atoms with Crippen LogP contribution in [0.1, 0.15) is 48.5 Å². The molecule has 1 fully saturated rings. The van der Waals surface area contributed by atoms with E-state index in [1.54, 1.807) is 20.8 Å². The van der Waals surface area contributed by atoms with Crippen molar-refractivity contribution in [1.29, 1.82) is 0 Å². The van der Waals surface area contributed by atoms with Crippen LogP contribution in [0, 0.1) is 0 Å². The molecule has 0 bridgehead atoms. The standard InChI is InChI=1S/C13H22BN3O4/c1-11(2,3)19-10(18)17-15-8-9(16-17)14-20-12(4,5)13(6,7)21-14/h8H,1-7H3. The Morgan fingerprint density at radius 3 is 2.24 bits per heavy atom. The second-order valence-electron chi connectivity index (χ2n) is 7.13. The Hall–Kier alpha value is -1.41. The summed E-state index contributed by atoms with van der Waals surface area (Å²) in [5, 5.41) is 8.00. The molecule has 1 aliphatic rings. The average molecular weight is 295 g/mol. The summed E-state index contributed by atoms with van der Waals surface area (Å²) in [4.78, 5) is 12.8. The van der Waals surface area contributed by atoms with Gasteiger partial charge in [-0.25, -0.2) is 4.79 Å². The summed E-state index contributed by atoms with van der Waals surface area (Å²) in [6, 6.07) is 0. The van der Waals surface area contributed by atoms with Crippen molar-refractivity contribution in [2.75, 3.05) is 0 Å². The van der Waals surface area contributed by atoms with E-state index in [9.17, 15) is 4.79 Å². The number of nitrogens with zero attached hydrogens (tertiary/aromatic N) is 3. The molecule has 1 aromatic heterocycles. The van der Waals surface area contributed by atoms with Crippen LogP contribution in [0.15, 0.2) is 6.20 Å². The van der Waals surface area contributed by atoms with Crippen molar-refractivity contribution in [2.24, 2.45) is 0 Å². The van der Waals surface area contributed by atoms with Crippen LogP contribution in [-0.2, 0) is 14.0 Å². The first-order valence-electron chi connectivity index (χ1n) is 6.92. The molecule has 2 heterocycles. The van der Waals surface area contributed by atoms with Gasteiger partial charge in [-0.15, -0.1) is 0 Å². The van der Waals surface area contributed by atoms with Gasteiger partial charge in [0.25, 0.3) is 0 Å². The molecule has 0 amide bonds. The van der Waals surface area contributed by atoms with Gasteiger partial charge in [0.05, 0.1) is 17.4 Å². The van der Waals surface area contributed by atoms with Gasteiger partial charge in [0.1, 0.15) is 11.2 Å². The largest absolute Gasteiger partial charge is 0.518 e. The highest BCUT2D eigenvalue weighted by Crippen LogP contribution is 2.36. The lowest BCUT2D eigenvalue weighted by Crippen LogP contribution is -2.41. The summed E-state index contributed by atoms with van der Waals surface area (Å²) in [7, 11) is -0.647. The van der Waals surface area contributed by atoms with Crippen LogP contribution in [0.5, 0.6) is 0 Å². The summed E-state index contributed by atoms with van der Waals surface area (Å²) in [6.07, 6.45) is 0.816. The second kappa shape index (κ2) is 4.81. The van der Waals surface area contributed by atoms with E-state index >= 15 is 0 Å². The van der Waals surface area contributed by atoms with Gasteiger partial charge in [0, 0.05) is 0 Å². The Bertz CT molecular complexity index is 532. The minimum absolute atomic E-state index is 0.444. The molecule has 0 saturated carbocycles. The molecular formula is C13H22BN3O4. The molecule has 0 aromatic carbocycles. The minimum Gasteiger partial charge on any atom is -0.441 e. The fourth-order valence-corrected chi connectivity index (χ4v) is 1.74. The van der Waals surface area contributed by atoms with Crippen molar-refractivity contribution in [3.8, 4) is 0 Å². The molecule has 8 heteroatoms. The molecule has 116 valence electrons. The number of carbonyl (C=O) groups excluding carboxylic acids is 1. The first-order chi connectivity index (χ1) is 9.41. The summed E-state index contributed by atoms with van der Waals surface area (Å²) in [5.74, 6) is 0. The van der Waals surface area contributed by atoms with Crippen LogP contribution < -0.4 is 5.59 Å². The molecule has 0 radical (unpaired) electrons. The first-order valence-corrected chi connectivity index (χ1v) is 6.92. The van der Waals surface area contributed by atoms with Crippen LogP contribution >= 0.6 is 0 Å². The fraction of sp³-hybridized carbons (Fsp3) is 0.769. The van der Waals surface area contributed by atoms with Gasteiger partial charge in [-0.2, -0.15) is 10.2 Å². The zero-order valence-electron chi connectivity index (χ0n) is 13.6. The SMILES string of the molecule is CC(C)(C)OC(=O)n1ncc(B2OC(C)(C)C(C)(C)O2)n1. The maximum absolute atomic E-state index is 11.9. The third kappa shape index (κ3) is 3.27. The van der Waals surface area contributed by atoms with Crippen LogP contribution in [0.2, 0.25) is 0 Å². The van der Waals surface area contributed by atoms with E-state index in [0.29, 0.717) is 5.59 Å². The number of hydrogen-bond donors (Lipinski definition) is 0. The molecule has 0 aliphatic carbocycles. The van der Waals surface area contributed by atoms with E-state index < -0.39 is 30.0 Å². The van der Waals surface area contributed by atoms with Crippen molar-refractivity contribution in [2.45, 2.75) is 65.3 Å². The number of hydrogen-bond acceptors (Lipinski definition) is 6. The zero-order chi connectivity index (χ0) is 16.1. The molecule has 0 spiro atoms. The van der Waals surface area contributed by atoms with Gasteiger partial charge in [0.15, 0.2) is 0 Å². The third-order valence-corrected chi connectivity index (χ3v) is 3.56. The number of ether oxygens (including phenoxy) is 1. The van der Waals surface area contributed by atoms with Crippen molar-refractivity contribution >= 4 is 18.8 Å². The van der Waals surface area contributed by atoms with Crippen molar-refractivity contribution in [3.63, 3.8) is 0 Å². The summed E-state index contributed by atoms with van der Waals surface area (Å²) in [5.41, 5.74) is -1.09. The Labute approximate surface area is 125 Å². The highest BCUT2D eigenvalue weighted by molar-refractivity contribution is 6.61. The topological polar surface area (TPSA) is 75.5 Å². The van der Waals surface area contributed by atoms with E-state index in [2.05, 4.69) is 10.2 Å². The predicted molar refractivity (Wildman–Crippen MR) is 77.4 cm³/mol. The molecule has 1 aliphatic heterocycles. The Morgan fingerprint density at radius 2 is 1.76 bits per heavy atom. The average Bonchev–Trinajstić information content (AvgIpc) is 2.80. The van der Waals surface area contributed by atoms with Crippen molar-refractivity contribution < 1.29 is 18.8 Å². The first kappa shape index (κ1) is 16.0. The molecule has 2 rings (SSSR count). The molecular weight excluding hydrogens is 273 g/mol. The summed E-state index contributed by atoms with van der Waals surface area (Å²) in [6.45, 7) is 13.1. The number of rotatable bonds is 1. The maximum atomic E-state index is 11.9. The van der Waals surface area contributed by atoms with E-state index in [-0.39, 0.29) is 0 Å². The van der Waals surface area contributed by atoms with Crippen LogP contribution in [0.25, 0.3) is 0 Å². The quantitative estimate of drug-likeness (QED) is 0.728. The number of aromatic nitrogens is 3. The molecule has 0 unspecified atom stereocenters. The normalized spacial score (nSPS) is 20.6. The Balaban J connectivity index is 2.13. The van der Waals surface area contributed by atoms with E-state index in [4.69, 9.17) is 14.0 Å². The van der Waals surface area contributed by atoms with Gasteiger partial charge >= 0.3 is 13.2 Å². The van der Waals surface area contributed by atoms with Crippen molar-refractivity contribution in [1.82, 2.24) is 15.0 Å². The summed E-state index contributed by atoms with van der Waals surface area (Å²) < 4.78 is 16.9. The van der Waals surface area contributed by atoms with Crippen molar-refractivity contribution in [3.05, 3.63) is 6.20 Å². The molecule has 21 heavy (non-hydrogen) atoms. The van der Waals surface area contributed by atoms with E-state index in [0.717, 1.165) is 4.80 Å². The molecule has 0 N–H and O–H groups in total. The highest BCUT2D eigenvalue weighted by atomic mass is 16.7. The van der Waals surface area contributed by atoms with Crippen LogP contribution in [-0.4, -0.2) is 45.0 Å². The monoisotopic (exact) mass is 295 g/mol. The van der Waals surface area contributed by atoms with E-state index in [1.807, 2.05) is 27.7 Å². The van der Waals surface area contributed by atoms with Crippen LogP contribution in [0.3, 0.4) is 0 Å². The van der Waals surface area contributed by atoms with Gasteiger partial charge < -0.3 is 14.0 Å². The van der Waals surface area contributed by atoms with Gasteiger partial charge in [-0.3, -0.25) is 0 Å². The number of carbonyl (C=O) groups is 1. The predicted octanol–water partition coefficient (Wildman–Crippen LogP) is 1.36. The second-order valence-corrected chi connectivity index (χ2v) is 7.13. The smallest absolute Gasteiger partial charge is 0.441 e. The molecule has 0 atom stereocenters. The lowest BCUT2D eigenvalue weighted by molar-refractivity contribution is 0.00578. The van der Waals surface area contributed by atoms with Gasteiger partial charge in [0.2, 0.25) is 0 Å².